The number of halogens is 3. The van der Waals surface area contributed by atoms with Crippen molar-refractivity contribution in [3.63, 3.8) is 0 Å². The van der Waals surface area contributed by atoms with E-state index in [9.17, 15) is 32.7 Å². The first-order chi connectivity index (χ1) is 23.0. The van der Waals surface area contributed by atoms with Gasteiger partial charge in [-0.2, -0.15) is 13.2 Å². The number of nitrogens with zero attached hydrogens (tertiary/aromatic N) is 1. The summed E-state index contributed by atoms with van der Waals surface area (Å²) in [7, 11) is 0. The van der Waals surface area contributed by atoms with E-state index >= 15 is 0 Å². The molecule has 11 heteroatoms. The lowest BCUT2D eigenvalue weighted by atomic mass is 9.93. The SMILES string of the molecule is C=CCOC(=O)N1Cc2cc(OCc3ccc(C(F)(F)F)cc3)ccc2C[C@H]1C(=O)N[C@@H](Cc1ccc(-c2ccccc2)cc1)C(=O)O. The molecule has 1 heterocycles. The molecule has 8 nitrogen and oxygen atoms in total. The van der Waals surface area contributed by atoms with Crippen LogP contribution in [0.25, 0.3) is 11.1 Å². The van der Waals surface area contributed by atoms with Crippen LogP contribution in [0, 0.1) is 0 Å². The van der Waals surface area contributed by atoms with E-state index < -0.39 is 41.8 Å². The van der Waals surface area contributed by atoms with E-state index in [1.807, 2.05) is 54.6 Å². The second kappa shape index (κ2) is 14.9. The van der Waals surface area contributed by atoms with Crippen LogP contribution in [-0.4, -0.2) is 46.7 Å². The predicted molar refractivity (Wildman–Crippen MR) is 172 cm³/mol. The number of carboxylic acid groups (broad SMARTS) is 1. The third kappa shape index (κ3) is 8.41. The van der Waals surface area contributed by atoms with Crippen LogP contribution in [0.15, 0.2) is 110 Å². The van der Waals surface area contributed by atoms with Crippen LogP contribution >= 0.6 is 0 Å². The van der Waals surface area contributed by atoms with E-state index in [0.717, 1.165) is 28.8 Å². The summed E-state index contributed by atoms with van der Waals surface area (Å²) in [6.07, 6.45) is -3.71. The van der Waals surface area contributed by atoms with E-state index in [2.05, 4.69) is 11.9 Å². The highest BCUT2D eigenvalue weighted by Gasteiger charge is 2.37. The van der Waals surface area contributed by atoms with Gasteiger partial charge in [-0.1, -0.05) is 85.5 Å². The van der Waals surface area contributed by atoms with Crippen molar-refractivity contribution in [2.24, 2.45) is 0 Å². The Morgan fingerprint density at radius 3 is 2.23 bits per heavy atom. The molecule has 2 N–H and O–H groups in total. The average Bonchev–Trinajstić information content (AvgIpc) is 3.09. The van der Waals surface area contributed by atoms with E-state index in [4.69, 9.17) is 9.47 Å². The van der Waals surface area contributed by atoms with Crippen molar-refractivity contribution in [2.45, 2.75) is 44.3 Å². The van der Waals surface area contributed by atoms with Gasteiger partial charge in [-0.25, -0.2) is 9.59 Å². The number of ether oxygens (including phenoxy) is 2. The molecule has 5 rings (SSSR count). The van der Waals surface area contributed by atoms with Gasteiger partial charge in [0.25, 0.3) is 0 Å². The topological polar surface area (TPSA) is 105 Å². The Kier molecular flexibility index (Phi) is 10.5. The zero-order valence-electron chi connectivity index (χ0n) is 25.8. The second-order valence-corrected chi connectivity index (χ2v) is 11.3. The third-order valence-electron chi connectivity index (χ3n) is 7.97. The van der Waals surface area contributed by atoms with Crippen LogP contribution in [-0.2, 0) is 46.5 Å². The fourth-order valence-electron chi connectivity index (χ4n) is 5.41. The summed E-state index contributed by atoms with van der Waals surface area (Å²) in [4.78, 5) is 40.2. The monoisotopic (exact) mass is 658 g/mol. The van der Waals surface area contributed by atoms with Gasteiger partial charge >= 0.3 is 18.2 Å². The Balaban J connectivity index is 1.29. The number of benzene rings is 4. The third-order valence-corrected chi connectivity index (χ3v) is 7.97. The maximum Gasteiger partial charge on any atom is 0.416 e. The van der Waals surface area contributed by atoms with Crippen molar-refractivity contribution in [3.8, 4) is 16.9 Å². The maximum absolute atomic E-state index is 13.6. The van der Waals surface area contributed by atoms with Gasteiger partial charge in [0, 0.05) is 12.8 Å². The summed E-state index contributed by atoms with van der Waals surface area (Å²) in [5, 5.41) is 12.6. The van der Waals surface area contributed by atoms with E-state index in [0.29, 0.717) is 22.4 Å². The van der Waals surface area contributed by atoms with Gasteiger partial charge in [0.05, 0.1) is 12.1 Å². The Bertz CT molecular complexity index is 1760. The molecular formula is C37H33F3N2O6. The van der Waals surface area contributed by atoms with Crippen molar-refractivity contribution in [1.82, 2.24) is 10.2 Å². The fourth-order valence-corrected chi connectivity index (χ4v) is 5.41. The van der Waals surface area contributed by atoms with Gasteiger partial charge in [0.1, 0.15) is 31.0 Å². The van der Waals surface area contributed by atoms with Crippen molar-refractivity contribution in [1.29, 1.82) is 0 Å². The number of hydrogen-bond donors (Lipinski definition) is 2. The lowest BCUT2D eigenvalue weighted by molar-refractivity contribution is -0.142. The molecule has 0 aliphatic carbocycles. The van der Waals surface area contributed by atoms with Crippen molar-refractivity contribution in [2.75, 3.05) is 6.61 Å². The number of carboxylic acids is 1. The summed E-state index contributed by atoms with van der Waals surface area (Å²) >= 11 is 0. The van der Waals surface area contributed by atoms with Crippen molar-refractivity contribution >= 4 is 18.0 Å². The van der Waals surface area contributed by atoms with Crippen LogP contribution in [0.3, 0.4) is 0 Å². The second-order valence-electron chi connectivity index (χ2n) is 11.3. The number of nitrogens with one attached hydrogen (secondary N) is 1. The quantitative estimate of drug-likeness (QED) is 0.172. The molecule has 0 radical (unpaired) electrons. The van der Waals surface area contributed by atoms with Gasteiger partial charge in [-0.15, -0.1) is 0 Å². The smallest absolute Gasteiger partial charge is 0.416 e. The van der Waals surface area contributed by atoms with Gasteiger partial charge in [-0.3, -0.25) is 9.69 Å². The highest BCUT2D eigenvalue weighted by molar-refractivity contribution is 5.90. The summed E-state index contributed by atoms with van der Waals surface area (Å²) in [6, 6.07) is 24.6. The minimum Gasteiger partial charge on any atom is -0.489 e. The number of carbonyl (C=O) groups is 3. The molecule has 248 valence electrons. The molecule has 0 unspecified atom stereocenters. The summed E-state index contributed by atoms with van der Waals surface area (Å²) < 4.78 is 49.7. The lowest BCUT2D eigenvalue weighted by Crippen LogP contribution is -2.56. The number of rotatable bonds is 11. The first-order valence-corrected chi connectivity index (χ1v) is 15.1. The van der Waals surface area contributed by atoms with Crippen LogP contribution in [0.5, 0.6) is 5.75 Å². The standard InChI is InChI=1S/C37H33F3N2O6/c1-2-18-47-36(46)42-22-29-20-31(48-23-25-10-15-30(16-11-25)37(38,39)40)17-14-28(29)21-33(42)34(43)41-32(35(44)45)19-24-8-12-27(13-9-24)26-6-4-3-5-7-26/h2-17,20,32-33H,1,18-19,21-23H2,(H,41,43)(H,44,45)/t32-,33-/m0/s1. The maximum atomic E-state index is 13.6. The molecule has 4 aromatic rings. The van der Waals surface area contributed by atoms with Gasteiger partial charge in [0.15, 0.2) is 0 Å². The normalized spacial score (nSPS) is 14.7. The molecule has 0 fully saturated rings. The molecule has 2 amide bonds. The average molecular weight is 659 g/mol. The summed E-state index contributed by atoms with van der Waals surface area (Å²) in [6.45, 7) is 3.44. The highest BCUT2D eigenvalue weighted by Crippen LogP contribution is 2.31. The number of hydrogen-bond acceptors (Lipinski definition) is 5. The number of fused-ring (bicyclic) bond motifs is 1. The molecule has 2 atom stereocenters. The molecule has 1 aliphatic rings. The molecule has 0 aromatic heterocycles. The first kappa shape index (κ1) is 33.8. The Morgan fingerprint density at radius 1 is 0.917 bits per heavy atom. The fraction of sp³-hybridized carbons (Fsp3) is 0.216. The van der Waals surface area contributed by atoms with Crippen LogP contribution < -0.4 is 10.1 Å². The van der Waals surface area contributed by atoms with E-state index in [-0.39, 0.29) is 32.6 Å². The van der Waals surface area contributed by atoms with Crippen LogP contribution in [0.4, 0.5) is 18.0 Å². The Hall–Kier alpha value is -5.58. The lowest BCUT2D eigenvalue weighted by Gasteiger charge is -2.35. The van der Waals surface area contributed by atoms with Crippen LogP contribution in [0.1, 0.15) is 27.8 Å². The van der Waals surface area contributed by atoms with Crippen molar-refractivity contribution < 1.29 is 42.1 Å². The highest BCUT2D eigenvalue weighted by atomic mass is 19.4. The molecule has 0 spiro atoms. The number of carbonyl (C=O) groups excluding carboxylic acids is 2. The number of amides is 2. The number of alkyl halides is 3. The minimum atomic E-state index is -4.44. The molecule has 0 saturated carbocycles. The minimum absolute atomic E-state index is 0.0125. The zero-order chi connectivity index (χ0) is 34.3. The molecule has 1 aliphatic heterocycles. The first-order valence-electron chi connectivity index (χ1n) is 15.1. The zero-order valence-corrected chi connectivity index (χ0v) is 25.8. The molecular weight excluding hydrogens is 625 g/mol. The van der Waals surface area contributed by atoms with Crippen molar-refractivity contribution in [3.05, 3.63) is 138 Å². The van der Waals surface area contributed by atoms with Gasteiger partial charge in [-0.05, 0) is 57.6 Å². The molecule has 4 aromatic carbocycles. The largest absolute Gasteiger partial charge is 0.489 e. The predicted octanol–water partition coefficient (Wildman–Crippen LogP) is 6.81. The number of aliphatic carboxylic acids is 1. The molecule has 0 saturated heterocycles. The Morgan fingerprint density at radius 2 is 1.58 bits per heavy atom. The molecule has 48 heavy (non-hydrogen) atoms. The Labute approximate surface area is 275 Å². The summed E-state index contributed by atoms with van der Waals surface area (Å²) in [5.41, 5.74) is 3.90. The van der Waals surface area contributed by atoms with Gasteiger partial charge < -0.3 is 19.9 Å². The summed E-state index contributed by atoms with van der Waals surface area (Å²) in [5.74, 6) is -1.45. The molecule has 0 bridgehead atoms. The van der Waals surface area contributed by atoms with E-state index in [1.165, 1.54) is 23.1 Å². The van der Waals surface area contributed by atoms with E-state index in [1.54, 1.807) is 18.2 Å². The van der Waals surface area contributed by atoms with Gasteiger partial charge in [0.2, 0.25) is 5.91 Å². The van der Waals surface area contributed by atoms with Crippen LogP contribution in [0.2, 0.25) is 0 Å².